The summed E-state index contributed by atoms with van der Waals surface area (Å²) in [7, 11) is 1.42. The van der Waals surface area contributed by atoms with Crippen LogP contribution in [0.25, 0.3) is 0 Å². The van der Waals surface area contributed by atoms with Crippen LogP contribution >= 0.6 is 0 Å². The first kappa shape index (κ1) is 11.0. The Morgan fingerprint density at radius 2 is 2.40 bits per heavy atom. The first-order chi connectivity index (χ1) is 7.24. The van der Waals surface area contributed by atoms with Crippen LogP contribution in [0.1, 0.15) is 23.0 Å². The molecule has 5 nitrogen and oxygen atoms in total. The lowest BCUT2D eigenvalue weighted by molar-refractivity contribution is 0.0522. The molecule has 5 heteroatoms. The molecule has 0 saturated carbocycles. The second-order valence-electron chi connectivity index (χ2n) is 2.57. The minimum absolute atomic E-state index is 0.00722. The summed E-state index contributed by atoms with van der Waals surface area (Å²) in [6.07, 6.45) is 1.40. The van der Waals surface area contributed by atoms with Gasteiger partial charge in [0, 0.05) is 6.20 Å². The molecular weight excluding hydrogens is 196 g/mol. The molecule has 0 aliphatic heterocycles. The lowest BCUT2D eigenvalue weighted by Gasteiger charge is -2.07. The van der Waals surface area contributed by atoms with E-state index < -0.39 is 5.97 Å². The molecule has 0 spiro atoms. The number of rotatable bonds is 3. The third kappa shape index (κ3) is 2.23. The van der Waals surface area contributed by atoms with Gasteiger partial charge in [0.2, 0.25) is 0 Å². The van der Waals surface area contributed by atoms with Gasteiger partial charge in [0.1, 0.15) is 17.4 Å². The maximum Gasteiger partial charge on any atom is 0.344 e. The van der Waals surface area contributed by atoms with Gasteiger partial charge in [-0.3, -0.25) is 0 Å². The molecular formula is C10H10N2O3. The molecule has 0 saturated heterocycles. The van der Waals surface area contributed by atoms with E-state index in [4.69, 9.17) is 14.7 Å². The molecule has 78 valence electrons. The zero-order valence-corrected chi connectivity index (χ0v) is 8.48. The third-order valence-corrected chi connectivity index (χ3v) is 1.72. The predicted octanol–water partition coefficient (Wildman–Crippen LogP) is 1.14. The predicted molar refractivity (Wildman–Crippen MR) is 51.5 cm³/mol. The Kier molecular flexibility index (Phi) is 3.63. The molecule has 1 aromatic rings. The SMILES string of the molecule is CCOC(=O)c1c(OC)ccnc1C#N. The lowest BCUT2D eigenvalue weighted by atomic mass is 10.2. The van der Waals surface area contributed by atoms with E-state index in [0.717, 1.165) is 0 Å². The zero-order valence-electron chi connectivity index (χ0n) is 8.48. The van der Waals surface area contributed by atoms with Gasteiger partial charge >= 0.3 is 5.97 Å². The summed E-state index contributed by atoms with van der Waals surface area (Å²) in [5.74, 6) is -0.306. The van der Waals surface area contributed by atoms with Gasteiger partial charge in [0.25, 0.3) is 0 Å². The van der Waals surface area contributed by atoms with Gasteiger partial charge in [-0.2, -0.15) is 5.26 Å². The van der Waals surface area contributed by atoms with Crippen LogP contribution in [-0.2, 0) is 4.74 Å². The monoisotopic (exact) mass is 206 g/mol. The number of aromatic nitrogens is 1. The highest BCUT2D eigenvalue weighted by atomic mass is 16.5. The largest absolute Gasteiger partial charge is 0.496 e. The van der Waals surface area contributed by atoms with Crippen LogP contribution in [0.2, 0.25) is 0 Å². The fourth-order valence-corrected chi connectivity index (χ4v) is 1.10. The Hall–Kier alpha value is -2.09. The van der Waals surface area contributed by atoms with Crippen molar-refractivity contribution in [3.8, 4) is 11.8 Å². The summed E-state index contributed by atoms with van der Waals surface area (Å²) in [5, 5.41) is 8.78. The molecule has 0 unspecified atom stereocenters. The number of carbonyl (C=O) groups excluding carboxylic acids is 1. The number of hydrogen-bond donors (Lipinski definition) is 0. The van der Waals surface area contributed by atoms with Crippen LogP contribution in [-0.4, -0.2) is 24.7 Å². The molecule has 1 heterocycles. The number of ether oxygens (including phenoxy) is 2. The van der Waals surface area contributed by atoms with Crippen LogP contribution in [0, 0.1) is 11.3 Å². The topological polar surface area (TPSA) is 72.2 Å². The minimum Gasteiger partial charge on any atom is -0.496 e. The summed E-state index contributed by atoms with van der Waals surface area (Å²) < 4.78 is 9.77. The number of hydrogen-bond acceptors (Lipinski definition) is 5. The standard InChI is InChI=1S/C10H10N2O3/c1-3-15-10(13)9-7(6-11)12-5-4-8(9)14-2/h4-5H,3H2,1-2H3. The lowest BCUT2D eigenvalue weighted by Crippen LogP contribution is -2.10. The van der Waals surface area contributed by atoms with Gasteiger partial charge in [-0.1, -0.05) is 0 Å². The molecule has 1 rings (SSSR count). The molecule has 1 aromatic heterocycles. The number of esters is 1. The summed E-state index contributed by atoms with van der Waals surface area (Å²) in [6.45, 7) is 1.93. The Morgan fingerprint density at radius 3 is 2.93 bits per heavy atom. The van der Waals surface area contributed by atoms with E-state index in [1.165, 1.54) is 19.4 Å². The average Bonchev–Trinajstić information content (AvgIpc) is 2.28. The minimum atomic E-state index is -0.598. The smallest absolute Gasteiger partial charge is 0.344 e. The molecule has 15 heavy (non-hydrogen) atoms. The second kappa shape index (κ2) is 4.96. The summed E-state index contributed by atoms with van der Waals surface area (Å²) in [6, 6.07) is 3.32. The van der Waals surface area contributed by atoms with Crippen molar-refractivity contribution in [2.75, 3.05) is 13.7 Å². The maximum absolute atomic E-state index is 11.5. The first-order valence-corrected chi connectivity index (χ1v) is 4.34. The van der Waals surface area contributed by atoms with Crippen molar-refractivity contribution in [3.05, 3.63) is 23.5 Å². The fraction of sp³-hybridized carbons (Fsp3) is 0.300. The van der Waals surface area contributed by atoms with Crippen LogP contribution in [0.5, 0.6) is 5.75 Å². The third-order valence-electron chi connectivity index (χ3n) is 1.72. The fourth-order valence-electron chi connectivity index (χ4n) is 1.10. The Balaban J connectivity index is 3.23. The average molecular weight is 206 g/mol. The van der Waals surface area contributed by atoms with Gasteiger partial charge in [-0.15, -0.1) is 0 Å². The van der Waals surface area contributed by atoms with Crippen LogP contribution in [0.15, 0.2) is 12.3 Å². The highest BCUT2D eigenvalue weighted by Crippen LogP contribution is 2.20. The van der Waals surface area contributed by atoms with Gasteiger partial charge in [-0.25, -0.2) is 9.78 Å². The molecule has 0 atom stereocenters. The Bertz CT molecular complexity index is 410. The molecule has 0 fully saturated rings. The van der Waals surface area contributed by atoms with Crippen molar-refractivity contribution in [1.29, 1.82) is 5.26 Å². The van der Waals surface area contributed by atoms with Crippen LogP contribution < -0.4 is 4.74 Å². The van der Waals surface area contributed by atoms with E-state index in [1.54, 1.807) is 6.92 Å². The van der Waals surface area contributed by atoms with Gasteiger partial charge in [0.05, 0.1) is 13.7 Å². The van der Waals surface area contributed by atoms with E-state index >= 15 is 0 Å². The normalized spacial score (nSPS) is 9.13. The van der Waals surface area contributed by atoms with Gasteiger partial charge in [-0.05, 0) is 13.0 Å². The molecule has 0 aromatic carbocycles. The van der Waals surface area contributed by atoms with E-state index in [9.17, 15) is 4.79 Å². The van der Waals surface area contributed by atoms with Crippen LogP contribution in [0.4, 0.5) is 0 Å². The van der Waals surface area contributed by atoms with E-state index in [1.807, 2.05) is 6.07 Å². The number of carbonyl (C=O) groups is 1. The Morgan fingerprint density at radius 1 is 1.67 bits per heavy atom. The summed E-state index contributed by atoms with van der Waals surface area (Å²) >= 11 is 0. The van der Waals surface area contributed by atoms with E-state index in [0.29, 0.717) is 5.75 Å². The number of pyridine rings is 1. The number of nitriles is 1. The Labute approximate surface area is 87.3 Å². The summed E-state index contributed by atoms with van der Waals surface area (Å²) in [4.78, 5) is 15.3. The van der Waals surface area contributed by atoms with E-state index in [-0.39, 0.29) is 17.9 Å². The van der Waals surface area contributed by atoms with Gasteiger partial charge in [0.15, 0.2) is 5.69 Å². The van der Waals surface area contributed by atoms with Crippen molar-refractivity contribution in [1.82, 2.24) is 4.98 Å². The molecule has 0 aliphatic carbocycles. The van der Waals surface area contributed by atoms with Crippen molar-refractivity contribution in [3.63, 3.8) is 0 Å². The van der Waals surface area contributed by atoms with Crippen molar-refractivity contribution in [2.24, 2.45) is 0 Å². The van der Waals surface area contributed by atoms with Crippen LogP contribution in [0.3, 0.4) is 0 Å². The molecule has 0 bridgehead atoms. The second-order valence-corrected chi connectivity index (χ2v) is 2.57. The van der Waals surface area contributed by atoms with Crippen molar-refractivity contribution in [2.45, 2.75) is 6.92 Å². The molecule has 0 N–H and O–H groups in total. The maximum atomic E-state index is 11.5. The first-order valence-electron chi connectivity index (χ1n) is 4.34. The van der Waals surface area contributed by atoms with Crippen molar-refractivity contribution < 1.29 is 14.3 Å². The molecule has 0 radical (unpaired) electrons. The quantitative estimate of drug-likeness (QED) is 0.693. The number of nitrogens with zero attached hydrogens (tertiary/aromatic N) is 2. The zero-order chi connectivity index (χ0) is 11.3. The van der Waals surface area contributed by atoms with E-state index in [2.05, 4.69) is 4.98 Å². The molecule has 0 aliphatic rings. The highest BCUT2D eigenvalue weighted by Gasteiger charge is 2.19. The highest BCUT2D eigenvalue weighted by molar-refractivity contribution is 5.94. The van der Waals surface area contributed by atoms with Crippen molar-refractivity contribution >= 4 is 5.97 Å². The number of methoxy groups -OCH3 is 1. The molecule has 0 amide bonds. The summed E-state index contributed by atoms with van der Waals surface area (Å²) in [5.41, 5.74) is 0.0807. The van der Waals surface area contributed by atoms with Gasteiger partial charge < -0.3 is 9.47 Å².